The highest BCUT2D eigenvalue weighted by Gasteiger charge is 2.63. The molecule has 1 aliphatic heterocycles. The van der Waals surface area contributed by atoms with E-state index in [1.54, 1.807) is 6.08 Å². The van der Waals surface area contributed by atoms with Crippen molar-refractivity contribution in [1.82, 2.24) is 4.90 Å². The van der Waals surface area contributed by atoms with Crippen LogP contribution in [0, 0.1) is 5.92 Å². The van der Waals surface area contributed by atoms with Crippen molar-refractivity contribution in [3.63, 3.8) is 0 Å². The van der Waals surface area contributed by atoms with Crippen molar-refractivity contribution in [2.24, 2.45) is 5.92 Å². The number of hydrogen-bond donors (Lipinski definition) is 0. The van der Waals surface area contributed by atoms with E-state index in [-0.39, 0.29) is 22.9 Å². The van der Waals surface area contributed by atoms with Gasteiger partial charge in [-0.3, -0.25) is 4.79 Å². The van der Waals surface area contributed by atoms with Crippen LogP contribution in [-0.2, 0) is 9.53 Å². The molecule has 0 aromatic heterocycles. The van der Waals surface area contributed by atoms with Gasteiger partial charge in [0.1, 0.15) is 5.60 Å². The summed E-state index contributed by atoms with van der Waals surface area (Å²) in [6.45, 7) is 18.1. The Morgan fingerprint density at radius 2 is 1.85 bits per heavy atom. The van der Waals surface area contributed by atoms with Crippen LogP contribution in [0.1, 0.15) is 41.0 Å². The fourth-order valence-corrected chi connectivity index (χ4v) is 8.27. The van der Waals surface area contributed by atoms with Crippen LogP contribution in [0.15, 0.2) is 43.0 Å². The third-order valence-electron chi connectivity index (χ3n) is 6.33. The molecular weight excluding hydrogens is 354 g/mol. The minimum Gasteiger partial charge on any atom is -0.443 e. The number of amides is 2. The number of hydrogen-bond acceptors (Lipinski definition) is 3. The van der Waals surface area contributed by atoms with Gasteiger partial charge in [-0.1, -0.05) is 68.5 Å². The molecule has 1 aliphatic rings. The molecule has 0 radical (unpaired) electrons. The van der Waals surface area contributed by atoms with Gasteiger partial charge in [-0.05, 0) is 32.2 Å². The predicted molar refractivity (Wildman–Crippen MR) is 113 cm³/mol. The molecule has 0 bridgehead atoms. The molecule has 0 unspecified atom stereocenters. The maximum absolute atomic E-state index is 13.2. The van der Waals surface area contributed by atoms with Gasteiger partial charge in [0.05, 0.1) is 14.1 Å². The summed E-state index contributed by atoms with van der Waals surface area (Å²) in [7, 11) is -2.14. The molecule has 148 valence electrons. The number of likely N-dealkylation sites (tertiary alicyclic amines) is 1. The lowest BCUT2D eigenvalue weighted by molar-refractivity contribution is -0.130. The summed E-state index contributed by atoms with van der Waals surface area (Å²) < 4.78 is 5.58. The summed E-state index contributed by atoms with van der Waals surface area (Å²) in [5, 5.41) is 0.948. The molecule has 1 aromatic rings. The van der Waals surface area contributed by atoms with Gasteiger partial charge in [0.25, 0.3) is 0 Å². The lowest BCUT2D eigenvalue weighted by Crippen LogP contribution is -2.58. The van der Waals surface area contributed by atoms with E-state index in [0.29, 0.717) is 6.42 Å². The number of carbonyl (C=O) groups is 2. The van der Waals surface area contributed by atoms with Crippen molar-refractivity contribution >= 4 is 25.3 Å². The second-order valence-electron chi connectivity index (χ2n) is 9.22. The predicted octanol–water partition coefficient (Wildman–Crippen LogP) is 4.72. The first-order valence-corrected chi connectivity index (χ1v) is 12.6. The average molecular weight is 388 g/mol. The Morgan fingerprint density at radius 3 is 2.33 bits per heavy atom. The largest absolute Gasteiger partial charge is 0.443 e. The number of ether oxygens (including phenoxy) is 1. The van der Waals surface area contributed by atoms with Crippen LogP contribution in [0.3, 0.4) is 0 Å². The van der Waals surface area contributed by atoms with E-state index in [2.05, 4.69) is 38.7 Å². The fraction of sp³-hybridized carbons (Fsp3) is 0.545. The Bertz CT molecular complexity index is 723. The standard InChI is InChI=1S/C22H33NO3Si/c1-9-13-18-22(6,27(7,8)17-14-11-10-12-15-17)16(2)19(24)23(18)20(25)26-21(3,4)5/h9-12,14-16,18H,1,13H2,2-8H3/t16-,18-,22+/m0/s1. The monoisotopic (exact) mass is 387 g/mol. The van der Waals surface area contributed by atoms with Gasteiger partial charge in [-0.15, -0.1) is 6.58 Å². The van der Waals surface area contributed by atoms with Gasteiger partial charge in [0.15, 0.2) is 0 Å². The normalized spacial score (nSPS) is 26.2. The van der Waals surface area contributed by atoms with E-state index in [1.165, 1.54) is 10.1 Å². The van der Waals surface area contributed by atoms with Gasteiger partial charge < -0.3 is 4.74 Å². The van der Waals surface area contributed by atoms with Gasteiger partial charge >= 0.3 is 6.09 Å². The molecule has 0 N–H and O–H groups in total. The first-order valence-electron chi connectivity index (χ1n) is 9.60. The first-order chi connectivity index (χ1) is 12.4. The summed E-state index contributed by atoms with van der Waals surface area (Å²) in [6, 6.07) is 10.1. The van der Waals surface area contributed by atoms with Gasteiger partial charge in [-0.2, -0.15) is 0 Å². The minimum absolute atomic E-state index is 0.143. The van der Waals surface area contributed by atoms with Crippen LogP contribution < -0.4 is 5.19 Å². The van der Waals surface area contributed by atoms with E-state index < -0.39 is 19.8 Å². The van der Waals surface area contributed by atoms with Crippen molar-refractivity contribution in [3.8, 4) is 0 Å². The zero-order valence-corrected chi connectivity index (χ0v) is 18.7. The summed E-state index contributed by atoms with van der Waals surface area (Å²) in [4.78, 5) is 27.5. The molecule has 2 amide bonds. The van der Waals surface area contributed by atoms with E-state index >= 15 is 0 Å². The molecule has 0 spiro atoms. The molecule has 0 saturated carbocycles. The second-order valence-corrected chi connectivity index (χ2v) is 14.1. The molecule has 3 atom stereocenters. The van der Waals surface area contributed by atoms with Crippen molar-refractivity contribution in [2.75, 3.05) is 0 Å². The van der Waals surface area contributed by atoms with Crippen LogP contribution in [0.4, 0.5) is 4.79 Å². The third-order valence-corrected chi connectivity index (χ3v) is 11.6. The molecule has 1 saturated heterocycles. The summed E-state index contributed by atoms with van der Waals surface area (Å²) >= 11 is 0. The Kier molecular flexibility index (Phi) is 5.76. The van der Waals surface area contributed by atoms with Gasteiger partial charge in [0, 0.05) is 5.92 Å². The lowest BCUT2D eigenvalue weighted by atomic mass is 9.90. The Hall–Kier alpha value is -1.88. The average Bonchev–Trinajstić information content (AvgIpc) is 2.77. The first kappa shape index (κ1) is 21.4. The number of benzene rings is 1. The SMILES string of the molecule is C=CC[C@@H]1N(C(=O)OC(C)(C)C)C(=O)[C@H](C)[C@@]1(C)[Si](C)(C)c1ccccc1. The molecular formula is C22H33NO3Si. The molecule has 0 aliphatic carbocycles. The van der Waals surface area contributed by atoms with E-state index in [9.17, 15) is 9.59 Å². The maximum Gasteiger partial charge on any atom is 0.417 e. The van der Waals surface area contributed by atoms with E-state index in [0.717, 1.165) is 0 Å². The highest BCUT2D eigenvalue weighted by molar-refractivity contribution is 6.92. The van der Waals surface area contributed by atoms with Crippen molar-refractivity contribution in [3.05, 3.63) is 43.0 Å². The quantitative estimate of drug-likeness (QED) is 0.555. The van der Waals surface area contributed by atoms with Crippen molar-refractivity contribution in [1.29, 1.82) is 0 Å². The molecule has 1 heterocycles. The smallest absolute Gasteiger partial charge is 0.417 e. The summed E-state index contributed by atoms with van der Waals surface area (Å²) in [5.74, 6) is -0.410. The fourth-order valence-electron chi connectivity index (χ4n) is 4.34. The van der Waals surface area contributed by atoms with E-state index in [4.69, 9.17) is 4.74 Å². The van der Waals surface area contributed by atoms with Crippen LogP contribution in [-0.4, -0.2) is 36.6 Å². The van der Waals surface area contributed by atoms with Crippen LogP contribution in [0.25, 0.3) is 0 Å². The number of imide groups is 1. The third kappa shape index (κ3) is 3.62. The highest BCUT2D eigenvalue weighted by Crippen LogP contribution is 2.56. The molecule has 4 nitrogen and oxygen atoms in total. The van der Waals surface area contributed by atoms with Gasteiger partial charge in [-0.25, -0.2) is 9.69 Å². The molecule has 1 fully saturated rings. The molecule has 1 aromatic carbocycles. The Balaban J connectivity index is 2.56. The molecule has 27 heavy (non-hydrogen) atoms. The topological polar surface area (TPSA) is 46.6 Å². The zero-order chi connectivity index (χ0) is 20.6. The Labute approximate surface area is 164 Å². The number of carbonyl (C=O) groups excluding carboxylic acids is 2. The van der Waals surface area contributed by atoms with Crippen LogP contribution in [0.2, 0.25) is 18.1 Å². The zero-order valence-electron chi connectivity index (χ0n) is 17.7. The van der Waals surface area contributed by atoms with Crippen LogP contribution in [0.5, 0.6) is 0 Å². The summed E-state index contributed by atoms with van der Waals surface area (Å²) in [5.41, 5.74) is -0.648. The second kappa shape index (κ2) is 7.27. The van der Waals surface area contributed by atoms with Gasteiger partial charge in [0.2, 0.25) is 5.91 Å². The van der Waals surface area contributed by atoms with E-state index in [1.807, 2.05) is 45.9 Å². The molecule has 2 rings (SSSR count). The Morgan fingerprint density at radius 1 is 1.30 bits per heavy atom. The number of rotatable bonds is 4. The van der Waals surface area contributed by atoms with Crippen LogP contribution >= 0.6 is 0 Å². The number of nitrogens with zero attached hydrogens (tertiary/aromatic N) is 1. The minimum atomic E-state index is -2.14. The highest BCUT2D eigenvalue weighted by atomic mass is 28.3. The van der Waals surface area contributed by atoms with Crippen molar-refractivity contribution < 1.29 is 14.3 Å². The van der Waals surface area contributed by atoms with Crippen molar-refractivity contribution in [2.45, 2.75) is 70.8 Å². The maximum atomic E-state index is 13.2. The molecule has 5 heteroatoms. The summed E-state index contributed by atoms with van der Waals surface area (Å²) in [6.07, 6.45) is 1.82. The lowest BCUT2D eigenvalue weighted by Gasteiger charge is -2.46.